The van der Waals surface area contributed by atoms with Crippen LogP contribution in [0.25, 0.3) is 11.3 Å². The van der Waals surface area contributed by atoms with Crippen molar-refractivity contribution in [1.29, 1.82) is 0 Å². The lowest BCUT2D eigenvalue weighted by Gasteiger charge is -2.11. The molecule has 0 radical (unpaired) electrons. The van der Waals surface area contributed by atoms with Crippen LogP contribution in [-0.2, 0) is 6.18 Å². The first-order valence-electron chi connectivity index (χ1n) is 5.08. The molecule has 0 saturated heterocycles. The monoisotopic (exact) mass is 359 g/mol. The Kier molecular flexibility index (Phi) is 4.40. The smallest absolute Gasteiger partial charge is 0.255 e. The number of hydrogen-bond donors (Lipinski definition) is 0. The molecule has 0 aliphatic heterocycles. The van der Waals surface area contributed by atoms with E-state index in [1.54, 1.807) is 0 Å². The molecular formula is C12H4Cl4F3N. The summed E-state index contributed by atoms with van der Waals surface area (Å²) in [6.45, 7) is 0. The van der Waals surface area contributed by atoms with Crippen molar-refractivity contribution in [3.63, 3.8) is 0 Å². The molecule has 1 nitrogen and oxygen atoms in total. The van der Waals surface area contributed by atoms with Crippen molar-refractivity contribution in [2.75, 3.05) is 0 Å². The third-order valence-electron chi connectivity index (χ3n) is 2.43. The van der Waals surface area contributed by atoms with E-state index in [-0.39, 0.29) is 20.8 Å². The van der Waals surface area contributed by atoms with Crippen LogP contribution in [0, 0.1) is 0 Å². The third kappa shape index (κ3) is 3.14. The number of pyridine rings is 1. The minimum Gasteiger partial charge on any atom is -0.255 e. The summed E-state index contributed by atoms with van der Waals surface area (Å²) in [5, 5.41) is 0.119. The molecule has 0 saturated carbocycles. The lowest BCUT2D eigenvalue weighted by molar-refractivity contribution is -0.137. The molecule has 0 aliphatic carbocycles. The molecular weight excluding hydrogens is 357 g/mol. The van der Waals surface area contributed by atoms with Gasteiger partial charge in [-0.2, -0.15) is 13.2 Å². The summed E-state index contributed by atoms with van der Waals surface area (Å²) >= 11 is 23.3. The fourth-order valence-corrected chi connectivity index (χ4v) is 2.49. The molecule has 0 spiro atoms. The minimum absolute atomic E-state index is 0.138. The Labute approximate surface area is 132 Å². The Balaban J connectivity index is 2.58. The predicted octanol–water partition coefficient (Wildman–Crippen LogP) is 6.38. The molecule has 1 aromatic carbocycles. The summed E-state index contributed by atoms with van der Waals surface area (Å²) in [6.07, 6.45) is -3.93. The summed E-state index contributed by atoms with van der Waals surface area (Å²) in [7, 11) is 0. The molecule has 0 atom stereocenters. The standard InChI is InChI=1S/C12H4Cl4F3N/c13-5-1-6(11(16)9(15)2-5)10-3-8(14)7(4-20-10)12(17,18)19/h1-4H. The molecule has 0 aliphatic rings. The Morgan fingerprint density at radius 2 is 1.55 bits per heavy atom. The molecule has 2 aromatic rings. The molecule has 1 aromatic heterocycles. The number of benzene rings is 1. The van der Waals surface area contributed by atoms with Gasteiger partial charge in [0, 0.05) is 16.8 Å². The normalized spacial score (nSPS) is 11.8. The van der Waals surface area contributed by atoms with Gasteiger partial charge >= 0.3 is 6.18 Å². The molecule has 106 valence electrons. The molecule has 0 bridgehead atoms. The van der Waals surface area contributed by atoms with Gasteiger partial charge in [-0.3, -0.25) is 4.98 Å². The van der Waals surface area contributed by atoms with E-state index in [0.29, 0.717) is 11.8 Å². The maximum absolute atomic E-state index is 12.6. The zero-order valence-corrected chi connectivity index (χ0v) is 12.4. The van der Waals surface area contributed by atoms with Crippen molar-refractivity contribution < 1.29 is 13.2 Å². The van der Waals surface area contributed by atoms with E-state index < -0.39 is 16.8 Å². The molecule has 0 N–H and O–H groups in total. The van der Waals surface area contributed by atoms with Crippen LogP contribution in [0.2, 0.25) is 20.1 Å². The van der Waals surface area contributed by atoms with Gasteiger partial charge in [0.05, 0.1) is 26.3 Å². The van der Waals surface area contributed by atoms with Crippen molar-refractivity contribution >= 4 is 46.4 Å². The van der Waals surface area contributed by atoms with Gasteiger partial charge in [0.2, 0.25) is 0 Å². The first kappa shape index (κ1) is 15.7. The fourth-order valence-electron chi connectivity index (χ4n) is 1.53. The Morgan fingerprint density at radius 1 is 0.900 bits per heavy atom. The number of alkyl halides is 3. The SMILES string of the molecule is FC(F)(F)c1cnc(-c2cc(Cl)cc(Cl)c2Cl)cc1Cl. The van der Waals surface area contributed by atoms with Crippen LogP contribution >= 0.6 is 46.4 Å². The van der Waals surface area contributed by atoms with E-state index in [9.17, 15) is 13.2 Å². The Bertz CT molecular complexity index is 670. The minimum atomic E-state index is -4.57. The molecule has 0 unspecified atom stereocenters. The molecule has 0 fully saturated rings. The van der Waals surface area contributed by atoms with E-state index in [1.807, 2.05) is 0 Å². The zero-order chi connectivity index (χ0) is 15.1. The second kappa shape index (κ2) is 5.60. The highest BCUT2D eigenvalue weighted by molar-refractivity contribution is 6.45. The molecule has 1 heterocycles. The fraction of sp³-hybridized carbons (Fsp3) is 0.0833. The lowest BCUT2D eigenvalue weighted by atomic mass is 10.1. The van der Waals surface area contributed by atoms with Crippen LogP contribution in [0.3, 0.4) is 0 Å². The van der Waals surface area contributed by atoms with Crippen molar-refractivity contribution in [2.24, 2.45) is 0 Å². The largest absolute Gasteiger partial charge is 0.419 e. The van der Waals surface area contributed by atoms with E-state index in [4.69, 9.17) is 46.4 Å². The average molecular weight is 361 g/mol. The topological polar surface area (TPSA) is 12.9 Å². The van der Waals surface area contributed by atoms with E-state index in [2.05, 4.69) is 4.98 Å². The Hall–Kier alpha value is -0.680. The summed E-state index contributed by atoms with van der Waals surface area (Å²) in [4.78, 5) is 3.71. The first-order chi connectivity index (χ1) is 9.20. The third-order valence-corrected chi connectivity index (χ3v) is 3.76. The average Bonchev–Trinajstić information content (AvgIpc) is 2.32. The van der Waals surface area contributed by atoms with E-state index in [1.165, 1.54) is 12.1 Å². The maximum Gasteiger partial charge on any atom is 0.419 e. The van der Waals surface area contributed by atoms with Crippen molar-refractivity contribution in [3.05, 3.63) is 50.0 Å². The number of hydrogen-bond acceptors (Lipinski definition) is 1. The Morgan fingerprint density at radius 3 is 2.10 bits per heavy atom. The summed E-state index contributed by atoms with van der Waals surface area (Å²) < 4.78 is 37.8. The van der Waals surface area contributed by atoms with Gasteiger partial charge in [0.15, 0.2) is 0 Å². The highest BCUT2D eigenvalue weighted by Crippen LogP contribution is 2.39. The quantitative estimate of drug-likeness (QED) is 0.537. The van der Waals surface area contributed by atoms with Crippen LogP contribution < -0.4 is 0 Å². The summed E-state index contributed by atoms with van der Waals surface area (Å²) in [5.74, 6) is 0. The number of nitrogens with zero attached hydrogens (tertiary/aromatic N) is 1. The van der Waals surface area contributed by atoms with Crippen LogP contribution in [0.1, 0.15) is 5.56 Å². The van der Waals surface area contributed by atoms with Crippen LogP contribution in [0.5, 0.6) is 0 Å². The molecule has 2 rings (SSSR count). The van der Waals surface area contributed by atoms with Crippen LogP contribution in [0.4, 0.5) is 13.2 Å². The van der Waals surface area contributed by atoms with Gasteiger partial charge in [0.25, 0.3) is 0 Å². The second-order valence-corrected chi connectivity index (χ2v) is 5.43. The number of rotatable bonds is 1. The van der Waals surface area contributed by atoms with Gasteiger partial charge in [-0.1, -0.05) is 46.4 Å². The highest BCUT2D eigenvalue weighted by Gasteiger charge is 2.33. The van der Waals surface area contributed by atoms with Crippen LogP contribution in [0.15, 0.2) is 24.4 Å². The van der Waals surface area contributed by atoms with Gasteiger partial charge in [-0.05, 0) is 18.2 Å². The summed E-state index contributed by atoms with van der Waals surface area (Å²) in [5.41, 5.74) is -0.565. The van der Waals surface area contributed by atoms with Gasteiger partial charge in [-0.25, -0.2) is 0 Å². The highest BCUT2D eigenvalue weighted by atomic mass is 35.5. The number of halogens is 7. The second-order valence-electron chi connectivity index (χ2n) is 3.80. The van der Waals surface area contributed by atoms with Gasteiger partial charge < -0.3 is 0 Å². The van der Waals surface area contributed by atoms with E-state index >= 15 is 0 Å². The molecule has 20 heavy (non-hydrogen) atoms. The van der Waals surface area contributed by atoms with Crippen LogP contribution in [-0.4, -0.2) is 4.98 Å². The van der Waals surface area contributed by atoms with Crippen molar-refractivity contribution in [3.8, 4) is 11.3 Å². The number of aromatic nitrogens is 1. The van der Waals surface area contributed by atoms with Crippen molar-refractivity contribution in [2.45, 2.75) is 6.18 Å². The zero-order valence-electron chi connectivity index (χ0n) is 9.40. The van der Waals surface area contributed by atoms with E-state index in [0.717, 1.165) is 6.07 Å². The van der Waals surface area contributed by atoms with Crippen molar-refractivity contribution in [1.82, 2.24) is 4.98 Å². The molecule has 0 amide bonds. The molecule has 8 heteroatoms. The van der Waals surface area contributed by atoms with Gasteiger partial charge in [-0.15, -0.1) is 0 Å². The predicted molar refractivity (Wildman–Crippen MR) is 74.7 cm³/mol. The maximum atomic E-state index is 12.6. The first-order valence-corrected chi connectivity index (χ1v) is 6.59. The summed E-state index contributed by atoms with van der Waals surface area (Å²) in [6, 6.07) is 3.93. The van der Waals surface area contributed by atoms with Gasteiger partial charge in [0.1, 0.15) is 0 Å². The lowest BCUT2D eigenvalue weighted by Crippen LogP contribution is -2.06.